The van der Waals surface area contributed by atoms with Gasteiger partial charge in [0.15, 0.2) is 0 Å². The SMILES string of the molecule is CC(CCO)CC(C)c1ccccc1. The van der Waals surface area contributed by atoms with E-state index >= 15 is 0 Å². The highest BCUT2D eigenvalue weighted by molar-refractivity contribution is 5.18. The first-order valence-corrected chi connectivity index (χ1v) is 5.40. The Morgan fingerprint density at radius 1 is 1.14 bits per heavy atom. The van der Waals surface area contributed by atoms with E-state index in [1.54, 1.807) is 0 Å². The van der Waals surface area contributed by atoms with Crippen molar-refractivity contribution in [3.8, 4) is 0 Å². The van der Waals surface area contributed by atoms with E-state index in [0.717, 1.165) is 12.8 Å². The van der Waals surface area contributed by atoms with Crippen LogP contribution in [0.15, 0.2) is 30.3 Å². The van der Waals surface area contributed by atoms with Crippen LogP contribution in [0.5, 0.6) is 0 Å². The molecule has 1 nitrogen and oxygen atoms in total. The fourth-order valence-corrected chi connectivity index (χ4v) is 1.86. The maximum absolute atomic E-state index is 8.82. The number of hydrogen-bond acceptors (Lipinski definition) is 1. The Morgan fingerprint density at radius 3 is 2.36 bits per heavy atom. The summed E-state index contributed by atoms with van der Waals surface area (Å²) in [5, 5.41) is 8.82. The van der Waals surface area contributed by atoms with Gasteiger partial charge in [-0.25, -0.2) is 0 Å². The molecule has 14 heavy (non-hydrogen) atoms. The van der Waals surface area contributed by atoms with Gasteiger partial charge in [0.2, 0.25) is 0 Å². The number of benzene rings is 1. The molecular formula is C13H20O. The fourth-order valence-electron chi connectivity index (χ4n) is 1.86. The van der Waals surface area contributed by atoms with Gasteiger partial charge in [-0.15, -0.1) is 0 Å². The lowest BCUT2D eigenvalue weighted by atomic mass is 9.90. The van der Waals surface area contributed by atoms with Crippen LogP contribution in [-0.4, -0.2) is 11.7 Å². The van der Waals surface area contributed by atoms with Crippen molar-refractivity contribution in [2.75, 3.05) is 6.61 Å². The van der Waals surface area contributed by atoms with Gasteiger partial charge >= 0.3 is 0 Å². The molecule has 0 aliphatic rings. The van der Waals surface area contributed by atoms with Crippen LogP contribution < -0.4 is 0 Å². The lowest BCUT2D eigenvalue weighted by Crippen LogP contribution is -2.03. The van der Waals surface area contributed by atoms with Crippen LogP contribution in [0.25, 0.3) is 0 Å². The molecule has 0 spiro atoms. The summed E-state index contributed by atoms with van der Waals surface area (Å²) in [7, 11) is 0. The lowest BCUT2D eigenvalue weighted by Gasteiger charge is -2.16. The van der Waals surface area contributed by atoms with Crippen molar-refractivity contribution in [1.82, 2.24) is 0 Å². The molecule has 0 aliphatic heterocycles. The second kappa shape index (κ2) is 5.82. The fraction of sp³-hybridized carbons (Fsp3) is 0.538. The minimum absolute atomic E-state index is 0.308. The van der Waals surface area contributed by atoms with Crippen molar-refractivity contribution in [2.45, 2.75) is 32.6 Å². The van der Waals surface area contributed by atoms with Crippen molar-refractivity contribution in [3.63, 3.8) is 0 Å². The largest absolute Gasteiger partial charge is 0.396 e. The van der Waals surface area contributed by atoms with Crippen LogP contribution in [0, 0.1) is 5.92 Å². The zero-order chi connectivity index (χ0) is 10.4. The summed E-state index contributed by atoms with van der Waals surface area (Å²) in [6.45, 7) is 4.77. The summed E-state index contributed by atoms with van der Waals surface area (Å²) < 4.78 is 0. The Morgan fingerprint density at radius 2 is 1.79 bits per heavy atom. The van der Waals surface area contributed by atoms with E-state index in [9.17, 15) is 0 Å². The second-order valence-electron chi connectivity index (χ2n) is 4.16. The molecule has 1 aromatic rings. The highest BCUT2D eigenvalue weighted by Gasteiger charge is 2.09. The van der Waals surface area contributed by atoms with Crippen LogP contribution >= 0.6 is 0 Å². The average molecular weight is 192 g/mol. The molecule has 2 atom stereocenters. The zero-order valence-corrected chi connectivity index (χ0v) is 9.11. The van der Waals surface area contributed by atoms with Crippen LogP contribution in [0.4, 0.5) is 0 Å². The molecular weight excluding hydrogens is 172 g/mol. The van der Waals surface area contributed by atoms with Gasteiger partial charge in [0, 0.05) is 6.61 Å². The van der Waals surface area contributed by atoms with Crippen molar-refractivity contribution >= 4 is 0 Å². The molecule has 0 saturated carbocycles. The molecule has 0 bridgehead atoms. The Balaban J connectivity index is 2.46. The van der Waals surface area contributed by atoms with E-state index in [1.165, 1.54) is 5.56 Å². The molecule has 0 amide bonds. The molecule has 0 heterocycles. The Hall–Kier alpha value is -0.820. The molecule has 0 aromatic heterocycles. The average Bonchev–Trinajstić information content (AvgIpc) is 2.19. The van der Waals surface area contributed by atoms with Gasteiger partial charge in [-0.2, -0.15) is 0 Å². The molecule has 1 rings (SSSR count). The first-order valence-electron chi connectivity index (χ1n) is 5.40. The smallest absolute Gasteiger partial charge is 0.0433 e. The molecule has 0 fully saturated rings. The van der Waals surface area contributed by atoms with Crippen molar-refractivity contribution in [2.24, 2.45) is 5.92 Å². The standard InChI is InChI=1S/C13H20O/c1-11(8-9-14)10-12(2)13-6-4-3-5-7-13/h3-7,11-12,14H,8-10H2,1-2H3. The molecule has 1 aromatic carbocycles. The third-order valence-electron chi connectivity index (χ3n) is 2.75. The summed E-state index contributed by atoms with van der Waals surface area (Å²) in [5.74, 6) is 1.20. The van der Waals surface area contributed by atoms with Crippen LogP contribution in [0.1, 0.15) is 38.2 Å². The Labute approximate surface area is 86.8 Å². The minimum Gasteiger partial charge on any atom is -0.396 e. The summed E-state index contributed by atoms with van der Waals surface area (Å²) in [4.78, 5) is 0. The lowest BCUT2D eigenvalue weighted by molar-refractivity contribution is 0.255. The quantitative estimate of drug-likeness (QED) is 0.759. The van der Waals surface area contributed by atoms with E-state index < -0.39 is 0 Å². The van der Waals surface area contributed by atoms with E-state index in [0.29, 0.717) is 18.4 Å². The maximum atomic E-state index is 8.82. The monoisotopic (exact) mass is 192 g/mol. The molecule has 2 unspecified atom stereocenters. The third kappa shape index (κ3) is 3.51. The zero-order valence-electron chi connectivity index (χ0n) is 9.11. The molecule has 1 heteroatoms. The summed E-state index contributed by atoms with van der Waals surface area (Å²) in [6, 6.07) is 10.6. The predicted molar refractivity (Wildman–Crippen MR) is 60.3 cm³/mol. The number of aliphatic hydroxyl groups excluding tert-OH is 1. The van der Waals surface area contributed by atoms with Gasteiger partial charge in [0.25, 0.3) is 0 Å². The van der Waals surface area contributed by atoms with Crippen molar-refractivity contribution < 1.29 is 5.11 Å². The first kappa shape index (κ1) is 11.3. The summed E-state index contributed by atoms with van der Waals surface area (Å²) in [5.41, 5.74) is 1.40. The van der Waals surface area contributed by atoms with Crippen LogP contribution in [-0.2, 0) is 0 Å². The first-order chi connectivity index (χ1) is 6.74. The maximum Gasteiger partial charge on any atom is 0.0433 e. The highest BCUT2D eigenvalue weighted by Crippen LogP contribution is 2.24. The second-order valence-corrected chi connectivity index (χ2v) is 4.16. The molecule has 0 radical (unpaired) electrons. The van der Waals surface area contributed by atoms with Gasteiger partial charge in [-0.1, -0.05) is 44.2 Å². The van der Waals surface area contributed by atoms with E-state index in [-0.39, 0.29) is 0 Å². The molecule has 1 N–H and O–H groups in total. The number of aliphatic hydroxyl groups is 1. The Bertz CT molecular complexity index is 243. The molecule has 0 aliphatic carbocycles. The van der Waals surface area contributed by atoms with Gasteiger partial charge in [0.05, 0.1) is 0 Å². The van der Waals surface area contributed by atoms with E-state index in [1.807, 2.05) is 6.07 Å². The highest BCUT2D eigenvalue weighted by atomic mass is 16.3. The topological polar surface area (TPSA) is 20.2 Å². The van der Waals surface area contributed by atoms with Crippen LogP contribution in [0.2, 0.25) is 0 Å². The predicted octanol–water partition coefficient (Wildman–Crippen LogP) is 3.20. The van der Waals surface area contributed by atoms with E-state index in [4.69, 9.17) is 5.11 Å². The Kier molecular flexibility index (Phi) is 4.68. The summed E-state index contributed by atoms with van der Waals surface area (Å²) >= 11 is 0. The van der Waals surface area contributed by atoms with Crippen LogP contribution in [0.3, 0.4) is 0 Å². The third-order valence-corrected chi connectivity index (χ3v) is 2.75. The van der Waals surface area contributed by atoms with E-state index in [2.05, 4.69) is 38.1 Å². The van der Waals surface area contributed by atoms with Gasteiger partial charge in [-0.05, 0) is 30.2 Å². The van der Waals surface area contributed by atoms with Crippen molar-refractivity contribution in [1.29, 1.82) is 0 Å². The number of hydrogen-bond donors (Lipinski definition) is 1. The molecule has 78 valence electrons. The van der Waals surface area contributed by atoms with Gasteiger partial charge in [0.1, 0.15) is 0 Å². The normalized spacial score (nSPS) is 15.1. The van der Waals surface area contributed by atoms with Gasteiger partial charge < -0.3 is 5.11 Å². The van der Waals surface area contributed by atoms with Crippen molar-refractivity contribution in [3.05, 3.63) is 35.9 Å². The van der Waals surface area contributed by atoms with Gasteiger partial charge in [-0.3, -0.25) is 0 Å². The summed E-state index contributed by atoms with van der Waals surface area (Å²) in [6.07, 6.45) is 2.07. The minimum atomic E-state index is 0.308. The molecule has 0 saturated heterocycles. The number of rotatable bonds is 5.